The first-order valence-corrected chi connectivity index (χ1v) is 4.60. The molecule has 1 rings (SSSR count). The normalized spacial score (nSPS) is 9.31. The van der Waals surface area contributed by atoms with Gasteiger partial charge in [0.15, 0.2) is 5.11 Å². The summed E-state index contributed by atoms with van der Waals surface area (Å²) in [5.74, 6) is 0.148. The van der Waals surface area contributed by atoms with Crippen LogP contribution in [0.5, 0.6) is 5.75 Å². The molecule has 0 fully saturated rings. The summed E-state index contributed by atoms with van der Waals surface area (Å²) in [6.45, 7) is 0. The summed E-state index contributed by atoms with van der Waals surface area (Å²) < 4.78 is 0.554. The summed E-state index contributed by atoms with van der Waals surface area (Å²) in [5, 5.41) is 9.42. The van der Waals surface area contributed by atoms with Crippen molar-refractivity contribution >= 4 is 38.9 Å². The van der Waals surface area contributed by atoms with Gasteiger partial charge in [0.25, 0.3) is 0 Å². The molecule has 0 bridgehead atoms. The zero-order chi connectivity index (χ0) is 9.84. The number of nitrogens with one attached hydrogen (secondary N) is 2. The van der Waals surface area contributed by atoms with Crippen molar-refractivity contribution in [1.82, 2.24) is 5.43 Å². The van der Waals surface area contributed by atoms with Crippen LogP contribution in [0.3, 0.4) is 0 Å². The van der Waals surface area contributed by atoms with Gasteiger partial charge in [-0.25, -0.2) is 0 Å². The summed E-state index contributed by atoms with van der Waals surface area (Å²) in [7, 11) is 0. The largest absolute Gasteiger partial charge is 0.507 e. The number of halogens is 1. The van der Waals surface area contributed by atoms with E-state index in [2.05, 4.69) is 39.0 Å². The van der Waals surface area contributed by atoms with E-state index in [0.717, 1.165) is 0 Å². The Labute approximate surface area is 89.2 Å². The van der Waals surface area contributed by atoms with Gasteiger partial charge in [-0.05, 0) is 40.3 Å². The van der Waals surface area contributed by atoms with Crippen LogP contribution in [0.2, 0.25) is 0 Å². The predicted molar refractivity (Wildman–Crippen MR) is 59.4 cm³/mol. The minimum atomic E-state index is 0.134. The quantitative estimate of drug-likeness (QED) is 0.478. The van der Waals surface area contributed by atoms with Crippen molar-refractivity contribution in [3.8, 4) is 5.75 Å². The van der Waals surface area contributed by atoms with Crippen molar-refractivity contribution in [1.29, 1.82) is 0 Å². The fourth-order valence-electron chi connectivity index (χ4n) is 0.745. The second-order valence-corrected chi connectivity index (χ2v) is 3.49. The van der Waals surface area contributed by atoms with Crippen molar-refractivity contribution in [2.75, 3.05) is 5.43 Å². The van der Waals surface area contributed by atoms with Gasteiger partial charge in [-0.15, -0.1) is 0 Å². The van der Waals surface area contributed by atoms with Crippen LogP contribution in [0.25, 0.3) is 0 Å². The summed E-state index contributed by atoms with van der Waals surface area (Å²) in [4.78, 5) is 0. The number of hydrogen-bond donors (Lipinski definition) is 4. The van der Waals surface area contributed by atoms with Crippen LogP contribution >= 0.6 is 28.1 Å². The Morgan fingerprint density at radius 2 is 2.23 bits per heavy atom. The number of rotatable bonds is 2. The third-order valence-electron chi connectivity index (χ3n) is 1.30. The number of benzene rings is 1. The van der Waals surface area contributed by atoms with E-state index in [9.17, 15) is 5.11 Å². The summed E-state index contributed by atoms with van der Waals surface area (Å²) in [6, 6.07) is 5.02. The zero-order valence-electron chi connectivity index (χ0n) is 6.54. The van der Waals surface area contributed by atoms with E-state index in [1.807, 2.05) is 0 Å². The molecule has 0 unspecified atom stereocenters. The molecule has 0 heterocycles. The first-order chi connectivity index (χ1) is 6.11. The Balaban J connectivity index is 2.77. The van der Waals surface area contributed by atoms with Gasteiger partial charge in [-0.2, -0.15) is 0 Å². The highest BCUT2D eigenvalue weighted by Crippen LogP contribution is 2.30. The van der Waals surface area contributed by atoms with Crippen molar-refractivity contribution in [3.63, 3.8) is 0 Å². The molecular weight excluding hydrogens is 254 g/mol. The summed E-state index contributed by atoms with van der Waals surface area (Å²) in [6.07, 6.45) is 0. The van der Waals surface area contributed by atoms with E-state index in [0.29, 0.717) is 10.2 Å². The highest BCUT2D eigenvalue weighted by atomic mass is 79.9. The van der Waals surface area contributed by atoms with E-state index in [-0.39, 0.29) is 10.9 Å². The van der Waals surface area contributed by atoms with Gasteiger partial charge in [0.05, 0.1) is 10.2 Å². The number of nitrogens with two attached hydrogens (primary N) is 1. The third kappa shape index (κ3) is 2.74. The molecule has 6 heteroatoms. The molecule has 70 valence electrons. The molecule has 0 saturated carbocycles. The Hall–Kier alpha value is -1.01. The first kappa shape index (κ1) is 10.1. The van der Waals surface area contributed by atoms with Crippen LogP contribution in [-0.2, 0) is 0 Å². The van der Waals surface area contributed by atoms with Crippen molar-refractivity contribution in [2.24, 2.45) is 5.73 Å². The van der Waals surface area contributed by atoms with E-state index in [1.54, 1.807) is 18.2 Å². The molecule has 0 aromatic heterocycles. The first-order valence-electron chi connectivity index (χ1n) is 3.40. The molecule has 0 aliphatic rings. The minimum Gasteiger partial charge on any atom is -0.507 e. The average Bonchev–Trinajstić information content (AvgIpc) is 2.07. The van der Waals surface area contributed by atoms with Crippen molar-refractivity contribution in [3.05, 3.63) is 22.7 Å². The van der Waals surface area contributed by atoms with Crippen LogP contribution in [-0.4, -0.2) is 10.2 Å². The maximum atomic E-state index is 9.29. The fourth-order valence-corrected chi connectivity index (χ4v) is 1.16. The third-order valence-corrected chi connectivity index (χ3v) is 2.23. The maximum absolute atomic E-state index is 9.29. The lowest BCUT2D eigenvalue weighted by Crippen LogP contribution is -2.34. The van der Waals surface area contributed by atoms with Crippen LogP contribution in [0, 0.1) is 0 Å². The van der Waals surface area contributed by atoms with Crippen LogP contribution in [0.15, 0.2) is 22.7 Å². The number of anilines is 1. The molecule has 0 aliphatic carbocycles. The fraction of sp³-hybridized carbons (Fsp3) is 0. The number of phenolic OH excluding ortho intramolecular Hbond substituents is 1. The highest BCUT2D eigenvalue weighted by molar-refractivity contribution is 9.10. The summed E-state index contributed by atoms with van der Waals surface area (Å²) >= 11 is 7.79. The zero-order valence-corrected chi connectivity index (χ0v) is 8.95. The lowest BCUT2D eigenvalue weighted by molar-refractivity contribution is 0.472. The molecule has 0 saturated heterocycles. The van der Waals surface area contributed by atoms with Crippen LogP contribution in [0.4, 0.5) is 5.69 Å². The Morgan fingerprint density at radius 1 is 1.54 bits per heavy atom. The number of hydrogen-bond acceptors (Lipinski definition) is 3. The average molecular weight is 262 g/mol. The molecule has 0 aliphatic heterocycles. The van der Waals surface area contributed by atoms with Crippen LogP contribution in [0.1, 0.15) is 0 Å². The molecule has 0 spiro atoms. The Kier molecular flexibility index (Phi) is 3.32. The van der Waals surface area contributed by atoms with Gasteiger partial charge in [-0.1, -0.05) is 6.07 Å². The highest BCUT2D eigenvalue weighted by Gasteiger charge is 2.02. The molecule has 4 nitrogen and oxygen atoms in total. The maximum Gasteiger partial charge on any atom is 0.182 e. The molecule has 13 heavy (non-hydrogen) atoms. The summed E-state index contributed by atoms with van der Waals surface area (Å²) in [5.41, 5.74) is 11.1. The van der Waals surface area contributed by atoms with Crippen LogP contribution < -0.4 is 16.6 Å². The number of phenols is 1. The second-order valence-electron chi connectivity index (χ2n) is 2.25. The molecule has 1 aromatic carbocycles. The van der Waals surface area contributed by atoms with Gasteiger partial charge < -0.3 is 10.8 Å². The van der Waals surface area contributed by atoms with Gasteiger partial charge >= 0.3 is 0 Å². The lowest BCUT2D eigenvalue weighted by Gasteiger charge is -2.09. The standard InChI is InChI=1S/C7H8BrN3OS/c8-6-4(10-11-7(9)13)2-1-3-5(6)12/h1-3,10,12H,(H3,9,11,13). The smallest absolute Gasteiger partial charge is 0.182 e. The number of thiocarbonyl (C=S) groups is 1. The number of aromatic hydroxyl groups is 1. The minimum absolute atomic E-state index is 0.134. The second kappa shape index (κ2) is 4.29. The number of hydrazine groups is 1. The lowest BCUT2D eigenvalue weighted by atomic mass is 10.3. The van der Waals surface area contributed by atoms with E-state index >= 15 is 0 Å². The van der Waals surface area contributed by atoms with E-state index in [4.69, 9.17) is 5.73 Å². The van der Waals surface area contributed by atoms with Gasteiger partial charge in [-0.3, -0.25) is 10.9 Å². The molecule has 0 atom stereocenters. The Morgan fingerprint density at radius 3 is 2.85 bits per heavy atom. The molecule has 5 N–H and O–H groups in total. The van der Waals surface area contributed by atoms with Gasteiger partial charge in [0.1, 0.15) is 5.75 Å². The van der Waals surface area contributed by atoms with Gasteiger partial charge in [0.2, 0.25) is 0 Å². The topological polar surface area (TPSA) is 70.3 Å². The molecule has 0 radical (unpaired) electrons. The molecule has 1 aromatic rings. The van der Waals surface area contributed by atoms with E-state index in [1.165, 1.54) is 0 Å². The van der Waals surface area contributed by atoms with Crippen molar-refractivity contribution < 1.29 is 5.11 Å². The Bertz CT molecular complexity index is 332. The monoisotopic (exact) mass is 261 g/mol. The molecular formula is C7H8BrN3OS. The van der Waals surface area contributed by atoms with Crippen molar-refractivity contribution in [2.45, 2.75) is 0 Å². The van der Waals surface area contributed by atoms with E-state index < -0.39 is 0 Å². The van der Waals surface area contributed by atoms with Gasteiger partial charge in [0, 0.05) is 0 Å². The SMILES string of the molecule is NC(=S)NNc1cccc(O)c1Br. The molecule has 0 amide bonds. The predicted octanol–water partition coefficient (Wildman–Crippen LogP) is 1.31.